The molecule has 52 heavy (non-hydrogen) atoms. The second-order valence-corrected chi connectivity index (χ2v) is 13.2. The minimum Gasteiger partial charge on any atom is -0.336 e. The van der Waals surface area contributed by atoms with Crippen molar-refractivity contribution >= 4 is 30.1 Å². The second kappa shape index (κ2) is 18.3. The van der Waals surface area contributed by atoms with Crippen molar-refractivity contribution < 1.29 is 22.4 Å². The number of halogens is 5. The smallest absolute Gasteiger partial charge is 0.336 e. The molecule has 1 amide bonds. The van der Waals surface area contributed by atoms with Gasteiger partial charge in [-0.15, -0.1) is 12.4 Å². The Hall–Kier alpha value is -4.46. The third kappa shape index (κ3) is 11.0. The van der Waals surface area contributed by atoms with Crippen LogP contribution in [-0.2, 0) is 43.3 Å². The van der Waals surface area contributed by atoms with Gasteiger partial charge in [0, 0.05) is 56.8 Å². The molecule has 2 aromatic heterocycles. The molecule has 0 spiro atoms. The van der Waals surface area contributed by atoms with Crippen LogP contribution < -0.4 is 5.56 Å². The Kier molecular flexibility index (Phi) is 14.2. The molecule has 0 saturated carbocycles. The number of hydrogen-bond acceptors (Lipinski definition) is 6. The molecular weight excluding hydrogens is 716 g/mol. The standard InChI is InChI=1S/C38H40F4N6O2S.ClH/c1-4-46(5-2)18-19-47(23-27-6-10-30(11-7-27)31-12-14-33(15-13-31)38(40,41)42)35(49)25-48-24-32(20-29-21-43-45(3)22-29)36(50)44-37(48)51-26-28-8-16-34(39)17-9-28;/h6-17,21-22,24H,4-5,18-20,23,25-26H2,1-3H3;1H. The Morgan fingerprint density at radius 3 is 2.04 bits per heavy atom. The zero-order chi connectivity index (χ0) is 36.5. The van der Waals surface area contributed by atoms with Crippen LogP contribution in [0.2, 0.25) is 0 Å². The molecule has 0 aliphatic heterocycles. The largest absolute Gasteiger partial charge is 0.416 e. The fourth-order valence-electron chi connectivity index (χ4n) is 5.60. The van der Waals surface area contributed by atoms with Gasteiger partial charge in [-0.05, 0) is 65.2 Å². The molecule has 0 aliphatic carbocycles. The fourth-order valence-corrected chi connectivity index (χ4v) is 6.52. The van der Waals surface area contributed by atoms with E-state index in [1.54, 1.807) is 45.7 Å². The third-order valence-corrected chi connectivity index (χ3v) is 9.64. The number of carbonyl (C=O) groups is 1. The van der Waals surface area contributed by atoms with Crippen molar-refractivity contribution in [2.45, 2.75) is 50.4 Å². The molecule has 0 unspecified atom stereocenters. The van der Waals surface area contributed by atoms with Gasteiger partial charge in [0.15, 0.2) is 5.16 Å². The molecule has 3 aromatic carbocycles. The Balaban J connectivity index is 0.00000605. The predicted octanol–water partition coefficient (Wildman–Crippen LogP) is 7.48. The van der Waals surface area contributed by atoms with Crippen LogP contribution in [-0.4, -0.2) is 61.2 Å². The van der Waals surface area contributed by atoms with E-state index in [0.29, 0.717) is 48.1 Å². The van der Waals surface area contributed by atoms with Crippen LogP contribution in [0.25, 0.3) is 11.1 Å². The summed E-state index contributed by atoms with van der Waals surface area (Å²) in [6, 6.07) is 18.6. The summed E-state index contributed by atoms with van der Waals surface area (Å²) >= 11 is 1.30. The van der Waals surface area contributed by atoms with E-state index in [4.69, 9.17) is 0 Å². The van der Waals surface area contributed by atoms with E-state index >= 15 is 0 Å². The first kappa shape index (κ1) is 40.3. The lowest BCUT2D eigenvalue weighted by molar-refractivity contribution is -0.137. The Morgan fingerprint density at radius 2 is 1.46 bits per heavy atom. The molecule has 2 heterocycles. The Bertz CT molecular complexity index is 1960. The second-order valence-electron chi connectivity index (χ2n) is 12.2. The summed E-state index contributed by atoms with van der Waals surface area (Å²) in [6.07, 6.45) is 1.09. The van der Waals surface area contributed by atoms with Gasteiger partial charge in [0.1, 0.15) is 12.4 Å². The van der Waals surface area contributed by atoms with Gasteiger partial charge in [0.25, 0.3) is 5.56 Å². The number of carbonyl (C=O) groups excluding carboxylic acids is 1. The topological polar surface area (TPSA) is 76.3 Å². The monoisotopic (exact) mass is 756 g/mol. The van der Waals surface area contributed by atoms with E-state index in [0.717, 1.165) is 47.5 Å². The van der Waals surface area contributed by atoms with Crippen LogP contribution >= 0.6 is 24.2 Å². The highest BCUT2D eigenvalue weighted by atomic mass is 35.5. The van der Waals surface area contributed by atoms with Crippen LogP contribution in [0.3, 0.4) is 0 Å². The molecule has 5 rings (SSSR count). The van der Waals surface area contributed by atoms with Crippen LogP contribution in [0.5, 0.6) is 0 Å². The number of nitrogens with zero attached hydrogens (tertiary/aromatic N) is 6. The summed E-state index contributed by atoms with van der Waals surface area (Å²) in [4.78, 5) is 35.7. The van der Waals surface area contributed by atoms with Crippen LogP contribution in [0.1, 0.15) is 41.7 Å². The highest BCUT2D eigenvalue weighted by molar-refractivity contribution is 7.98. The quantitative estimate of drug-likeness (QED) is 0.0627. The van der Waals surface area contributed by atoms with Crippen molar-refractivity contribution in [1.82, 2.24) is 29.1 Å². The minimum absolute atomic E-state index is 0. The molecule has 0 fully saturated rings. The molecule has 0 N–H and O–H groups in total. The number of aromatic nitrogens is 4. The van der Waals surface area contributed by atoms with Gasteiger partial charge in [0.2, 0.25) is 5.91 Å². The van der Waals surface area contributed by atoms with E-state index in [-0.39, 0.29) is 30.7 Å². The molecule has 0 aliphatic rings. The average molecular weight is 757 g/mol. The molecule has 0 bridgehead atoms. The predicted molar refractivity (Wildman–Crippen MR) is 198 cm³/mol. The Labute approximate surface area is 310 Å². The van der Waals surface area contributed by atoms with E-state index in [2.05, 4.69) is 28.8 Å². The van der Waals surface area contributed by atoms with Gasteiger partial charge in [0.05, 0.1) is 11.8 Å². The maximum atomic E-state index is 14.2. The van der Waals surface area contributed by atoms with Crippen molar-refractivity contribution in [3.63, 3.8) is 0 Å². The number of aryl methyl sites for hydroxylation is 1. The first-order valence-corrected chi connectivity index (χ1v) is 17.6. The summed E-state index contributed by atoms with van der Waals surface area (Å²) in [7, 11) is 1.79. The molecule has 8 nitrogen and oxygen atoms in total. The van der Waals surface area contributed by atoms with Crippen molar-refractivity contribution in [2.75, 3.05) is 26.2 Å². The number of rotatable bonds is 15. The zero-order valence-electron chi connectivity index (χ0n) is 29.1. The highest BCUT2D eigenvalue weighted by Crippen LogP contribution is 2.31. The van der Waals surface area contributed by atoms with Crippen molar-refractivity contribution in [3.05, 3.63) is 135 Å². The lowest BCUT2D eigenvalue weighted by Crippen LogP contribution is -2.40. The normalized spacial score (nSPS) is 11.5. The molecule has 0 radical (unpaired) electrons. The summed E-state index contributed by atoms with van der Waals surface area (Å²) < 4.78 is 56.1. The van der Waals surface area contributed by atoms with E-state index in [1.807, 2.05) is 30.5 Å². The summed E-state index contributed by atoms with van der Waals surface area (Å²) in [5.41, 5.74) is 3.28. The van der Waals surface area contributed by atoms with Crippen molar-refractivity contribution in [3.8, 4) is 11.1 Å². The highest BCUT2D eigenvalue weighted by Gasteiger charge is 2.30. The first-order valence-electron chi connectivity index (χ1n) is 16.6. The van der Waals surface area contributed by atoms with E-state index in [9.17, 15) is 27.2 Å². The number of amides is 1. The van der Waals surface area contributed by atoms with Gasteiger partial charge in [-0.3, -0.25) is 14.3 Å². The maximum absolute atomic E-state index is 14.2. The van der Waals surface area contributed by atoms with E-state index < -0.39 is 17.3 Å². The first-order chi connectivity index (χ1) is 24.4. The van der Waals surface area contributed by atoms with Gasteiger partial charge >= 0.3 is 6.18 Å². The number of likely N-dealkylation sites (N-methyl/N-ethyl adjacent to an activating group) is 1. The summed E-state index contributed by atoms with van der Waals surface area (Å²) in [5, 5.41) is 4.57. The van der Waals surface area contributed by atoms with Crippen molar-refractivity contribution in [1.29, 1.82) is 0 Å². The molecule has 14 heteroatoms. The number of alkyl halides is 3. The minimum atomic E-state index is -4.40. The van der Waals surface area contributed by atoms with Gasteiger partial charge in [-0.1, -0.05) is 74.1 Å². The maximum Gasteiger partial charge on any atom is 0.416 e. The SMILES string of the molecule is CCN(CC)CCN(Cc1ccc(-c2ccc(C(F)(F)F)cc2)cc1)C(=O)Cn1cc(Cc2cnn(C)c2)c(=O)nc1SCc1ccc(F)cc1.Cl. The number of benzene rings is 3. The molecular formula is C38H41ClF4N6O2S. The third-order valence-electron chi connectivity index (χ3n) is 8.58. The average Bonchev–Trinajstić information content (AvgIpc) is 3.53. The molecule has 276 valence electrons. The van der Waals surface area contributed by atoms with Gasteiger partial charge < -0.3 is 14.4 Å². The van der Waals surface area contributed by atoms with Crippen molar-refractivity contribution in [2.24, 2.45) is 7.05 Å². The summed E-state index contributed by atoms with van der Waals surface area (Å²) in [6.45, 7) is 7.13. The molecule has 0 atom stereocenters. The molecule has 0 saturated heterocycles. The van der Waals surface area contributed by atoms with Gasteiger partial charge in [-0.25, -0.2) is 4.39 Å². The van der Waals surface area contributed by atoms with E-state index in [1.165, 1.54) is 36.0 Å². The van der Waals surface area contributed by atoms with Crippen LogP contribution in [0.15, 0.2) is 101 Å². The van der Waals surface area contributed by atoms with Gasteiger partial charge in [-0.2, -0.15) is 23.3 Å². The fraction of sp³-hybridized carbons (Fsp3) is 0.316. The number of thioether (sulfide) groups is 1. The Morgan fingerprint density at radius 1 is 0.846 bits per heavy atom. The van der Waals surface area contributed by atoms with Crippen LogP contribution in [0, 0.1) is 5.82 Å². The molecule has 5 aromatic rings. The zero-order valence-corrected chi connectivity index (χ0v) is 30.8. The lowest BCUT2D eigenvalue weighted by Gasteiger charge is -2.27. The lowest BCUT2D eigenvalue weighted by atomic mass is 10.0. The number of hydrogen-bond donors (Lipinski definition) is 0. The summed E-state index contributed by atoms with van der Waals surface area (Å²) in [5.74, 6) is -0.0987. The van der Waals surface area contributed by atoms with Crippen LogP contribution in [0.4, 0.5) is 17.6 Å².